The van der Waals surface area contributed by atoms with Crippen LogP contribution in [0.15, 0.2) is 30.6 Å². The van der Waals surface area contributed by atoms with Crippen molar-refractivity contribution in [2.45, 2.75) is 51.5 Å². The number of aromatic nitrogens is 3. The fourth-order valence-corrected chi connectivity index (χ4v) is 3.94. The number of anilines is 3. The molecule has 136 valence electrons. The van der Waals surface area contributed by atoms with E-state index in [9.17, 15) is 0 Å². The third-order valence-corrected chi connectivity index (χ3v) is 5.65. The molecule has 1 aliphatic carbocycles. The first kappa shape index (κ1) is 16.8. The number of rotatable bonds is 3. The molecule has 1 aromatic carbocycles. The largest absolute Gasteiger partial charge is 0.382 e. The van der Waals surface area contributed by atoms with Gasteiger partial charge in [0.05, 0.1) is 5.69 Å². The predicted molar refractivity (Wildman–Crippen MR) is 106 cm³/mol. The number of nitrogen functional groups attached to an aromatic ring is 1. The second-order valence-electron chi connectivity index (χ2n) is 7.35. The van der Waals surface area contributed by atoms with Crippen molar-refractivity contribution in [2.75, 3.05) is 11.1 Å². The van der Waals surface area contributed by atoms with Crippen LogP contribution in [-0.2, 0) is 0 Å². The van der Waals surface area contributed by atoms with Crippen LogP contribution in [0.25, 0.3) is 5.65 Å². The van der Waals surface area contributed by atoms with E-state index in [1.165, 1.54) is 11.1 Å². The van der Waals surface area contributed by atoms with Crippen molar-refractivity contribution in [2.24, 2.45) is 5.73 Å². The van der Waals surface area contributed by atoms with Crippen molar-refractivity contribution in [1.29, 1.82) is 0 Å². The standard InChI is InChI=1S/C20H26N6/c1-12-4-3-5-16(13(12)2)24-18-17(14-6-8-15(21)9-7-14)19(22)25-26-11-10-23-20(18)26/h3-5,10-11,14-15,24H,6-9,21H2,1-2H3,(H2,22,25)/t14-,15-. The number of hydrogen-bond donors (Lipinski definition) is 3. The first-order chi connectivity index (χ1) is 12.5. The second kappa shape index (κ2) is 6.61. The van der Waals surface area contributed by atoms with Crippen LogP contribution in [0.2, 0.25) is 0 Å². The van der Waals surface area contributed by atoms with Crippen molar-refractivity contribution in [3.63, 3.8) is 0 Å². The Kier molecular flexibility index (Phi) is 4.28. The van der Waals surface area contributed by atoms with Gasteiger partial charge in [0, 0.05) is 29.7 Å². The molecule has 0 unspecified atom stereocenters. The summed E-state index contributed by atoms with van der Waals surface area (Å²) in [4.78, 5) is 4.54. The highest BCUT2D eigenvalue weighted by Crippen LogP contribution is 2.41. The van der Waals surface area contributed by atoms with E-state index in [2.05, 4.69) is 47.4 Å². The highest BCUT2D eigenvalue weighted by molar-refractivity contribution is 5.81. The lowest BCUT2D eigenvalue weighted by Gasteiger charge is -2.29. The van der Waals surface area contributed by atoms with Gasteiger partial charge >= 0.3 is 0 Å². The van der Waals surface area contributed by atoms with Gasteiger partial charge in [-0.15, -0.1) is 5.10 Å². The number of hydrogen-bond acceptors (Lipinski definition) is 5. The first-order valence-electron chi connectivity index (χ1n) is 9.26. The van der Waals surface area contributed by atoms with Gasteiger partial charge in [0.15, 0.2) is 5.65 Å². The molecule has 1 saturated carbocycles. The fourth-order valence-electron chi connectivity index (χ4n) is 3.94. The van der Waals surface area contributed by atoms with Gasteiger partial charge in [-0.25, -0.2) is 9.50 Å². The molecule has 0 aliphatic heterocycles. The van der Waals surface area contributed by atoms with Crippen molar-refractivity contribution in [3.05, 3.63) is 47.3 Å². The summed E-state index contributed by atoms with van der Waals surface area (Å²) in [5, 5.41) is 8.16. The lowest BCUT2D eigenvalue weighted by Crippen LogP contribution is -2.26. The topological polar surface area (TPSA) is 94.3 Å². The molecule has 6 nitrogen and oxygen atoms in total. The molecule has 4 rings (SSSR count). The van der Waals surface area contributed by atoms with Crippen LogP contribution in [0.5, 0.6) is 0 Å². The summed E-state index contributed by atoms with van der Waals surface area (Å²) in [6.45, 7) is 4.25. The number of benzene rings is 1. The molecule has 0 saturated heterocycles. The lowest BCUT2D eigenvalue weighted by atomic mass is 9.81. The summed E-state index contributed by atoms with van der Waals surface area (Å²) in [6, 6.07) is 6.58. The Balaban J connectivity index is 1.84. The van der Waals surface area contributed by atoms with Crippen molar-refractivity contribution in [1.82, 2.24) is 14.6 Å². The Morgan fingerprint density at radius 2 is 1.92 bits per heavy atom. The smallest absolute Gasteiger partial charge is 0.177 e. The molecule has 0 atom stereocenters. The number of aryl methyl sites for hydroxylation is 1. The van der Waals surface area contributed by atoms with Gasteiger partial charge in [-0.05, 0) is 62.6 Å². The first-order valence-corrected chi connectivity index (χ1v) is 9.26. The minimum atomic E-state index is 0.297. The summed E-state index contributed by atoms with van der Waals surface area (Å²) in [5.74, 6) is 0.931. The average molecular weight is 350 g/mol. The summed E-state index contributed by atoms with van der Waals surface area (Å²) >= 11 is 0. The zero-order valence-corrected chi connectivity index (χ0v) is 15.4. The van der Waals surface area contributed by atoms with Gasteiger partial charge in [0.1, 0.15) is 5.82 Å². The van der Waals surface area contributed by atoms with E-state index in [-0.39, 0.29) is 0 Å². The molecular weight excluding hydrogens is 324 g/mol. The average Bonchev–Trinajstić information content (AvgIpc) is 3.08. The lowest BCUT2D eigenvalue weighted by molar-refractivity contribution is 0.396. The minimum Gasteiger partial charge on any atom is -0.382 e. The third-order valence-electron chi connectivity index (χ3n) is 5.65. The highest BCUT2D eigenvalue weighted by Gasteiger charge is 2.27. The third kappa shape index (κ3) is 2.90. The molecule has 3 aromatic rings. The van der Waals surface area contributed by atoms with Gasteiger partial charge in [-0.3, -0.25) is 0 Å². The van der Waals surface area contributed by atoms with Crippen LogP contribution < -0.4 is 16.8 Å². The maximum atomic E-state index is 6.40. The van der Waals surface area contributed by atoms with Gasteiger partial charge in [0.2, 0.25) is 0 Å². The van der Waals surface area contributed by atoms with E-state index in [4.69, 9.17) is 11.5 Å². The maximum absolute atomic E-state index is 6.40. The van der Waals surface area contributed by atoms with E-state index in [1.54, 1.807) is 10.7 Å². The number of nitrogens with zero attached hydrogens (tertiary/aromatic N) is 3. The zero-order valence-electron chi connectivity index (χ0n) is 15.4. The predicted octanol–water partition coefficient (Wildman–Crippen LogP) is 3.66. The Labute approximate surface area is 153 Å². The van der Waals surface area contributed by atoms with Crippen LogP contribution in [0.3, 0.4) is 0 Å². The molecule has 6 heteroatoms. The van der Waals surface area contributed by atoms with E-state index < -0.39 is 0 Å². The molecule has 0 radical (unpaired) electrons. The molecule has 1 aliphatic rings. The molecule has 0 bridgehead atoms. The van der Waals surface area contributed by atoms with E-state index in [0.29, 0.717) is 17.8 Å². The monoisotopic (exact) mass is 350 g/mol. The van der Waals surface area contributed by atoms with E-state index in [0.717, 1.165) is 48.3 Å². The molecule has 2 heterocycles. The van der Waals surface area contributed by atoms with Gasteiger partial charge in [-0.1, -0.05) is 12.1 Å². The highest BCUT2D eigenvalue weighted by atomic mass is 15.3. The molecule has 0 amide bonds. The number of fused-ring (bicyclic) bond motifs is 1. The molecule has 1 fully saturated rings. The van der Waals surface area contributed by atoms with Crippen LogP contribution >= 0.6 is 0 Å². The summed E-state index contributed by atoms with van der Waals surface area (Å²) < 4.78 is 1.75. The fraction of sp³-hybridized carbons (Fsp3) is 0.400. The Morgan fingerprint density at radius 1 is 1.15 bits per heavy atom. The van der Waals surface area contributed by atoms with E-state index in [1.807, 2.05) is 6.20 Å². The molecule has 26 heavy (non-hydrogen) atoms. The zero-order chi connectivity index (χ0) is 18.3. The number of nitrogens with two attached hydrogens (primary N) is 2. The maximum Gasteiger partial charge on any atom is 0.177 e. The second-order valence-corrected chi connectivity index (χ2v) is 7.35. The van der Waals surface area contributed by atoms with Crippen LogP contribution in [0.4, 0.5) is 17.2 Å². The summed E-state index contributed by atoms with van der Waals surface area (Å²) in [5.41, 5.74) is 18.9. The van der Waals surface area contributed by atoms with Crippen molar-refractivity contribution < 1.29 is 0 Å². The minimum absolute atomic E-state index is 0.297. The summed E-state index contributed by atoms with van der Waals surface area (Å²) in [6.07, 6.45) is 7.70. The molecule has 0 spiro atoms. The van der Waals surface area contributed by atoms with E-state index >= 15 is 0 Å². The van der Waals surface area contributed by atoms with Crippen molar-refractivity contribution in [3.8, 4) is 0 Å². The van der Waals surface area contributed by atoms with Crippen molar-refractivity contribution >= 4 is 22.8 Å². The Bertz CT molecular complexity index is 937. The number of imidazole rings is 1. The van der Waals surface area contributed by atoms with Crippen LogP contribution in [-0.4, -0.2) is 20.6 Å². The molecule has 2 aromatic heterocycles. The van der Waals surface area contributed by atoms with Crippen LogP contribution in [0, 0.1) is 13.8 Å². The molecule has 5 N–H and O–H groups in total. The van der Waals surface area contributed by atoms with Gasteiger partial charge < -0.3 is 16.8 Å². The van der Waals surface area contributed by atoms with Gasteiger partial charge in [0.25, 0.3) is 0 Å². The van der Waals surface area contributed by atoms with Gasteiger partial charge in [-0.2, -0.15) is 0 Å². The normalized spacial score (nSPS) is 20.4. The Hall–Kier alpha value is -2.60. The van der Waals surface area contributed by atoms with Crippen LogP contribution in [0.1, 0.15) is 48.3 Å². The number of nitrogens with one attached hydrogen (secondary N) is 1. The summed E-state index contributed by atoms with van der Waals surface area (Å²) in [7, 11) is 0. The SMILES string of the molecule is Cc1cccc(Nc2c3nccn3nc(N)c2[C@H]2CC[C@H](N)CC2)c1C. The Morgan fingerprint density at radius 3 is 2.69 bits per heavy atom. The molecular formula is C20H26N6. The quantitative estimate of drug-likeness (QED) is 0.670.